The molecule has 0 saturated carbocycles. The fourth-order valence-corrected chi connectivity index (χ4v) is 3.88. The molecular weight excluding hydrogens is 600 g/mol. The average Bonchev–Trinajstić information content (AvgIpc) is 3.04. The minimum Gasteiger partial charge on any atom is -0.506 e. The maximum absolute atomic E-state index is 12.0. The van der Waals surface area contributed by atoms with Gasteiger partial charge in [-0.3, -0.25) is 14.6 Å². The van der Waals surface area contributed by atoms with Crippen molar-refractivity contribution in [3.63, 3.8) is 0 Å². The van der Waals surface area contributed by atoms with Gasteiger partial charge in [0.1, 0.15) is 5.75 Å². The largest absolute Gasteiger partial charge is 0.506 e. The highest BCUT2D eigenvalue weighted by Crippen LogP contribution is 2.23. The third kappa shape index (κ3) is 22.6. The predicted octanol–water partition coefficient (Wildman–Crippen LogP) is 5.98. The summed E-state index contributed by atoms with van der Waals surface area (Å²) in [5, 5.41) is 48.8. The van der Waals surface area contributed by atoms with Crippen molar-refractivity contribution < 1.29 is 39.9 Å². The molecule has 0 unspecified atom stereocenters. The first-order chi connectivity index (χ1) is 22.5. The molecule has 0 aliphatic carbocycles. The van der Waals surface area contributed by atoms with Gasteiger partial charge in [-0.2, -0.15) is 0 Å². The number of ether oxygens (including phenoxy) is 1. The zero-order valence-corrected chi connectivity index (χ0v) is 28.7. The van der Waals surface area contributed by atoms with Crippen molar-refractivity contribution in [2.45, 2.75) is 105 Å². The van der Waals surface area contributed by atoms with Gasteiger partial charge in [0.05, 0.1) is 38.0 Å². The molecule has 0 aromatic carbocycles. The van der Waals surface area contributed by atoms with Crippen LogP contribution in [-0.4, -0.2) is 68.3 Å². The highest BCUT2D eigenvalue weighted by atomic mass is 16.5. The van der Waals surface area contributed by atoms with Crippen LogP contribution in [0.25, 0.3) is 0 Å². The minimum atomic E-state index is -0.884. The number of unbranched alkanes of at least 4 members (excludes halogenated alkanes) is 1. The molecule has 0 saturated heterocycles. The molecule has 1 heterocycles. The molecule has 0 fully saturated rings. The van der Waals surface area contributed by atoms with E-state index in [9.17, 15) is 19.8 Å². The first-order valence-electron chi connectivity index (χ1n) is 16.4. The van der Waals surface area contributed by atoms with Gasteiger partial charge in [-0.05, 0) is 51.9 Å². The Labute approximate surface area is 281 Å². The topological polar surface area (TPSA) is 169 Å². The summed E-state index contributed by atoms with van der Waals surface area (Å²) < 4.78 is 5.33. The van der Waals surface area contributed by atoms with E-state index in [0.717, 1.165) is 44.9 Å². The number of allylic oxidation sites excluding steroid dienone is 10. The second-order valence-corrected chi connectivity index (χ2v) is 11.6. The van der Waals surface area contributed by atoms with Crippen molar-refractivity contribution in [3.8, 4) is 5.75 Å². The molecule has 1 rings (SSSR count). The van der Waals surface area contributed by atoms with E-state index < -0.39 is 17.5 Å². The van der Waals surface area contributed by atoms with Gasteiger partial charge in [-0.25, -0.2) is 0 Å². The van der Waals surface area contributed by atoms with Crippen LogP contribution in [0.2, 0.25) is 0 Å². The van der Waals surface area contributed by atoms with Crippen molar-refractivity contribution in [2.75, 3.05) is 19.7 Å². The number of aryl methyl sites for hydroxylation is 1. The number of aromatic hydroxyl groups is 1. The standard InChI is InChI=1S/C29H47NO5.C8H11NO3/c1-4-5-6-7-8-9-10-11-12-13-14-15-16-17-18-19-20-21-28(34)35-25-29(2,3)26(31)24-30-23-22-27(32)33;1-5-8(12)7(4-11)6(3-10)2-9-5/h5-6,8-9,11-12,14-15,17-18,26,30-31H,4,7,10,13,16,19-25H2,1-3H3,(H,32,33);2,10-12H,3-4H2,1H3/b6-5-,9-8?,12-11?,15-14-,18-17-;/t26-;/m0./s1. The summed E-state index contributed by atoms with van der Waals surface area (Å²) >= 11 is 0. The minimum absolute atomic E-state index is 0.0000229. The summed E-state index contributed by atoms with van der Waals surface area (Å²) in [6.07, 6.45) is 29.1. The average molecular weight is 659 g/mol. The summed E-state index contributed by atoms with van der Waals surface area (Å²) in [6.45, 7) is 7.56. The molecule has 0 aliphatic heterocycles. The molecule has 0 bridgehead atoms. The molecule has 10 heteroatoms. The van der Waals surface area contributed by atoms with Gasteiger partial charge in [-0.1, -0.05) is 81.5 Å². The van der Waals surface area contributed by atoms with Crippen molar-refractivity contribution in [3.05, 3.63) is 83.8 Å². The van der Waals surface area contributed by atoms with Crippen LogP contribution in [0.1, 0.15) is 95.4 Å². The van der Waals surface area contributed by atoms with Crippen LogP contribution >= 0.6 is 0 Å². The Morgan fingerprint density at radius 1 is 0.915 bits per heavy atom. The van der Waals surface area contributed by atoms with Crippen LogP contribution in [0.5, 0.6) is 5.75 Å². The summed E-state index contributed by atoms with van der Waals surface area (Å²) in [5.41, 5.74) is 0.650. The summed E-state index contributed by atoms with van der Waals surface area (Å²) in [7, 11) is 0. The van der Waals surface area contributed by atoms with Crippen molar-refractivity contribution in [2.24, 2.45) is 5.41 Å². The number of aliphatic carboxylic acids is 1. The van der Waals surface area contributed by atoms with Crippen LogP contribution in [0.3, 0.4) is 0 Å². The molecular formula is C37H58N2O8. The SMILES string of the molecule is CC/C=C\CC=CCC=CC/C=C\C/C=C\CCCC(=O)OCC(C)(C)[C@@H](O)CNCCC(=O)O.Cc1ncc(CO)c(CO)c1O. The lowest BCUT2D eigenvalue weighted by molar-refractivity contribution is -0.149. The third-order valence-corrected chi connectivity index (χ3v) is 7.03. The molecule has 0 radical (unpaired) electrons. The number of carboxylic acids is 1. The normalized spacial score (nSPS) is 12.8. The molecule has 10 nitrogen and oxygen atoms in total. The lowest BCUT2D eigenvalue weighted by Gasteiger charge is -2.30. The molecule has 1 aromatic heterocycles. The number of esters is 1. The molecule has 47 heavy (non-hydrogen) atoms. The maximum atomic E-state index is 12.0. The smallest absolute Gasteiger partial charge is 0.305 e. The third-order valence-electron chi connectivity index (χ3n) is 7.03. The number of pyridine rings is 1. The highest BCUT2D eigenvalue weighted by molar-refractivity contribution is 5.69. The monoisotopic (exact) mass is 658 g/mol. The van der Waals surface area contributed by atoms with E-state index in [0.29, 0.717) is 23.2 Å². The quantitative estimate of drug-likeness (QED) is 0.0467. The van der Waals surface area contributed by atoms with Crippen LogP contribution in [0.15, 0.2) is 67.0 Å². The van der Waals surface area contributed by atoms with Gasteiger partial charge in [0.25, 0.3) is 0 Å². The van der Waals surface area contributed by atoms with Gasteiger partial charge < -0.3 is 35.6 Å². The number of aliphatic hydroxyl groups excluding tert-OH is 3. The number of aliphatic hydroxyl groups is 3. The first-order valence-corrected chi connectivity index (χ1v) is 16.4. The van der Waals surface area contributed by atoms with E-state index in [1.54, 1.807) is 6.92 Å². The number of rotatable bonds is 23. The van der Waals surface area contributed by atoms with Gasteiger partial charge >= 0.3 is 11.9 Å². The molecule has 264 valence electrons. The van der Waals surface area contributed by atoms with Gasteiger partial charge in [-0.15, -0.1) is 0 Å². The Morgan fingerprint density at radius 3 is 1.98 bits per heavy atom. The fourth-order valence-electron chi connectivity index (χ4n) is 3.88. The molecule has 1 aromatic rings. The van der Waals surface area contributed by atoms with Crippen molar-refractivity contribution in [1.82, 2.24) is 10.3 Å². The van der Waals surface area contributed by atoms with Crippen LogP contribution in [0.4, 0.5) is 0 Å². The number of carboxylic acid groups (broad SMARTS) is 1. The van der Waals surface area contributed by atoms with E-state index >= 15 is 0 Å². The van der Waals surface area contributed by atoms with Crippen molar-refractivity contribution in [1.29, 1.82) is 0 Å². The number of carbonyl (C=O) groups is 2. The Balaban J connectivity index is 0.00000146. The number of hydrogen-bond acceptors (Lipinski definition) is 9. The van der Waals surface area contributed by atoms with E-state index in [4.69, 9.17) is 20.1 Å². The van der Waals surface area contributed by atoms with Gasteiger partial charge in [0, 0.05) is 42.2 Å². The molecule has 0 spiro atoms. The number of nitrogens with one attached hydrogen (secondary N) is 1. The van der Waals surface area contributed by atoms with E-state index in [-0.39, 0.29) is 51.0 Å². The second-order valence-electron chi connectivity index (χ2n) is 11.6. The molecule has 1 atom stereocenters. The summed E-state index contributed by atoms with van der Waals surface area (Å²) in [5.74, 6) is -1.19. The molecule has 6 N–H and O–H groups in total. The lowest BCUT2D eigenvalue weighted by Crippen LogP contribution is -2.42. The summed E-state index contributed by atoms with van der Waals surface area (Å²) in [4.78, 5) is 26.3. The number of carbonyl (C=O) groups excluding carboxylic acids is 1. The van der Waals surface area contributed by atoms with Crippen LogP contribution < -0.4 is 5.32 Å². The number of hydrogen-bond donors (Lipinski definition) is 6. The highest BCUT2D eigenvalue weighted by Gasteiger charge is 2.29. The summed E-state index contributed by atoms with van der Waals surface area (Å²) in [6, 6.07) is 0. The Bertz CT molecular complexity index is 1160. The Morgan fingerprint density at radius 2 is 1.47 bits per heavy atom. The lowest BCUT2D eigenvalue weighted by atomic mass is 9.87. The fraction of sp³-hybridized carbons (Fsp3) is 0.541. The zero-order valence-electron chi connectivity index (χ0n) is 28.7. The second kappa shape index (κ2) is 27.5. The predicted molar refractivity (Wildman–Crippen MR) is 187 cm³/mol. The van der Waals surface area contributed by atoms with E-state index in [2.05, 4.69) is 78.0 Å². The Hall–Kier alpha value is -3.57. The maximum Gasteiger partial charge on any atom is 0.305 e. The zero-order chi connectivity index (χ0) is 35.3. The van der Waals surface area contributed by atoms with Gasteiger partial charge in [0.2, 0.25) is 0 Å². The molecule has 0 aliphatic rings. The van der Waals surface area contributed by atoms with Gasteiger partial charge in [0.15, 0.2) is 0 Å². The van der Waals surface area contributed by atoms with Crippen molar-refractivity contribution >= 4 is 11.9 Å². The van der Waals surface area contributed by atoms with E-state index in [1.165, 1.54) is 6.20 Å². The molecule has 0 amide bonds. The van der Waals surface area contributed by atoms with Crippen LogP contribution in [0, 0.1) is 12.3 Å². The number of aromatic nitrogens is 1. The Kier molecular flexibility index (Phi) is 25.4. The first kappa shape index (κ1) is 43.4. The van der Waals surface area contributed by atoms with Crippen LogP contribution in [-0.2, 0) is 27.5 Å². The van der Waals surface area contributed by atoms with E-state index in [1.807, 2.05) is 13.8 Å². The number of nitrogens with zero attached hydrogens (tertiary/aromatic N) is 1.